The van der Waals surface area contributed by atoms with E-state index in [4.69, 9.17) is 4.74 Å². The molecule has 2 nitrogen and oxygen atoms in total. The molecule has 1 aliphatic heterocycles. The highest BCUT2D eigenvalue weighted by Crippen LogP contribution is 2.41. The van der Waals surface area contributed by atoms with E-state index >= 15 is 0 Å². The fraction of sp³-hybridized carbons (Fsp3) is 0.520. The normalized spacial score (nSPS) is 21.4. The number of halogens is 4. The van der Waals surface area contributed by atoms with Crippen LogP contribution in [-0.4, -0.2) is 23.5 Å². The van der Waals surface area contributed by atoms with Crippen molar-refractivity contribution in [3.05, 3.63) is 64.7 Å². The molecule has 170 valence electrons. The zero-order chi connectivity index (χ0) is 21.2. The Hall–Kier alpha value is -1.72. The third kappa shape index (κ3) is 5.20. The molecule has 1 heterocycles. The summed E-state index contributed by atoms with van der Waals surface area (Å²) in [7, 11) is 0. The smallest absolute Gasteiger partial charge is 0.416 e. The molecule has 1 aliphatic carbocycles. The quantitative estimate of drug-likeness (QED) is 0.492. The van der Waals surface area contributed by atoms with Crippen molar-refractivity contribution in [2.75, 3.05) is 13.1 Å². The predicted octanol–water partition coefficient (Wildman–Crippen LogP) is 6.83. The molecule has 0 amide bonds. The van der Waals surface area contributed by atoms with Crippen LogP contribution in [0.15, 0.2) is 42.5 Å². The molecule has 1 fully saturated rings. The van der Waals surface area contributed by atoms with Crippen molar-refractivity contribution in [2.24, 2.45) is 0 Å². The molecule has 1 unspecified atom stereocenters. The minimum atomic E-state index is -4.37. The van der Waals surface area contributed by atoms with Gasteiger partial charge in [0.05, 0.1) is 5.56 Å². The Bertz CT molecular complexity index is 883. The first kappa shape index (κ1) is 23.9. The minimum Gasteiger partial charge on any atom is -0.489 e. The maximum atomic E-state index is 13.2. The summed E-state index contributed by atoms with van der Waals surface area (Å²) in [5.41, 5.74) is 2.48. The third-order valence-corrected chi connectivity index (χ3v) is 6.76. The van der Waals surface area contributed by atoms with E-state index in [-0.39, 0.29) is 30.1 Å². The summed E-state index contributed by atoms with van der Waals surface area (Å²) < 4.78 is 45.4. The van der Waals surface area contributed by atoms with E-state index in [1.165, 1.54) is 55.5 Å². The molecule has 6 heteroatoms. The van der Waals surface area contributed by atoms with Crippen molar-refractivity contribution in [2.45, 2.75) is 70.2 Å². The molecule has 0 N–H and O–H groups in total. The van der Waals surface area contributed by atoms with Gasteiger partial charge in [0.25, 0.3) is 0 Å². The van der Waals surface area contributed by atoms with Gasteiger partial charge in [-0.05, 0) is 80.9 Å². The van der Waals surface area contributed by atoms with Crippen LogP contribution in [0.1, 0.15) is 61.3 Å². The Kier molecular flexibility index (Phi) is 7.59. The van der Waals surface area contributed by atoms with Crippen LogP contribution in [0, 0.1) is 0 Å². The summed E-state index contributed by atoms with van der Waals surface area (Å²) in [4.78, 5) is 2.71. The lowest BCUT2D eigenvalue weighted by atomic mass is 9.72. The second-order valence-electron chi connectivity index (χ2n) is 8.72. The number of piperidine rings is 1. The SMILES string of the molecule is CCCN1CCCCC12CCc1cc(OCc3ccccc3C(F)(F)F)ccc1C2.Cl. The van der Waals surface area contributed by atoms with Crippen LogP contribution in [0.25, 0.3) is 0 Å². The zero-order valence-corrected chi connectivity index (χ0v) is 18.8. The van der Waals surface area contributed by atoms with E-state index in [1.807, 2.05) is 12.1 Å². The van der Waals surface area contributed by atoms with Crippen molar-refractivity contribution in [3.63, 3.8) is 0 Å². The first-order chi connectivity index (χ1) is 14.4. The number of likely N-dealkylation sites (tertiary alicyclic amines) is 1. The van der Waals surface area contributed by atoms with Crippen molar-refractivity contribution in [3.8, 4) is 5.75 Å². The fourth-order valence-electron chi connectivity index (χ4n) is 5.25. The molecule has 0 saturated carbocycles. The number of rotatable bonds is 5. The molecule has 0 bridgehead atoms. The zero-order valence-electron chi connectivity index (χ0n) is 18.0. The summed E-state index contributed by atoms with van der Waals surface area (Å²) in [5, 5.41) is 0. The maximum Gasteiger partial charge on any atom is 0.416 e. The van der Waals surface area contributed by atoms with Crippen LogP contribution in [0.5, 0.6) is 5.75 Å². The molecule has 2 aromatic rings. The van der Waals surface area contributed by atoms with Crippen molar-refractivity contribution in [1.29, 1.82) is 0 Å². The van der Waals surface area contributed by atoms with Crippen LogP contribution in [0.3, 0.4) is 0 Å². The Morgan fingerprint density at radius 3 is 2.61 bits per heavy atom. The molecule has 31 heavy (non-hydrogen) atoms. The lowest BCUT2D eigenvalue weighted by molar-refractivity contribution is -0.138. The Labute approximate surface area is 189 Å². The van der Waals surface area contributed by atoms with Gasteiger partial charge < -0.3 is 4.74 Å². The van der Waals surface area contributed by atoms with Crippen molar-refractivity contribution < 1.29 is 17.9 Å². The van der Waals surface area contributed by atoms with Crippen LogP contribution in [-0.2, 0) is 25.6 Å². The lowest BCUT2D eigenvalue weighted by Crippen LogP contribution is -2.55. The van der Waals surface area contributed by atoms with Gasteiger partial charge in [0.15, 0.2) is 0 Å². The van der Waals surface area contributed by atoms with E-state index in [9.17, 15) is 13.2 Å². The second kappa shape index (κ2) is 9.83. The van der Waals surface area contributed by atoms with Gasteiger partial charge in [-0.3, -0.25) is 4.90 Å². The molecule has 2 aliphatic rings. The molecular formula is C25H31ClF3NO. The average molecular weight is 454 g/mol. The van der Waals surface area contributed by atoms with E-state index in [1.54, 1.807) is 6.07 Å². The molecular weight excluding hydrogens is 423 g/mol. The number of hydrogen-bond acceptors (Lipinski definition) is 2. The first-order valence-electron chi connectivity index (χ1n) is 11.1. The lowest BCUT2D eigenvalue weighted by Gasteiger charge is -2.50. The van der Waals surface area contributed by atoms with Gasteiger partial charge in [0, 0.05) is 11.1 Å². The highest BCUT2D eigenvalue weighted by atomic mass is 35.5. The van der Waals surface area contributed by atoms with Gasteiger partial charge >= 0.3 is 6.18 Å². The molecule has 2 aromatic carbocycles. The summed E-state index contributed by atoms with van der Waals surface area (Å²) in [5.74, 6) is 0.649. The maximum absolute atomic E-state index is 13.2. The summed E-state index contributed by atoms with van der Waals surface area (Å²) in [6, 6.07) is 11.7. The average Bonchev–Trinajstić information content (AvgIpc) is 2.74. The monoisotopic (exact) mass is 453 g/mol. The fourth-order valence-corrected chi connectivity index (χ4v) is 5.25. The number of ether oxygens (including phenoxy) is 1. The molecule has 1 atom stereocenters. The third-order valence-electron chi connectivity index (χ3n) is 6.76. The van der Waals surface area contributed by atoms with Gasteiger partial charge in [0.1, 0.15) is 12.4 Å². The summed E-state index contributed by atoms with van der Waals surface area (Å²) >= 11 is 0. The molecule has 0 radical (unpaired) electrons. The summed E-state index contributed by atoms with van der Waals surface area (Å²) in [6.07, 6.45) is 3.90. The standard InChI is InChI=1S/C25H30F3NO.ClH/c1-2-14-29-15-6-5-12-24(29)13-11-19-16-22(10-9-20(19)17-24)30-18-21-7-3-4-8-23(21)25(26,27)28;/h3-4,7-10,16H,2,5-6,11-15,17-18H2,1H3;1H. The molecule has 1 saturated heterocycles. The Morgan fingerprint density at radius 2 is 1.84 bits per heavy atom. The van der Waals surface area contributed by atoms with Gasteiger partial charge in [-0.1, -0.05) is 37.6 Å². The van der Waals surface area contributed by atoms with E-state index < -0.39 is 11.7 Å². The van der Waals surface area contributed by atoms with Gasteiger partial charge in [0.2, 0.25) is 0 Å². The number of nitrogens with zero attached hydrogens (tertiary/aromatic N) is 1. The van der Waals surface area contributed by atoms with Crippen LogP contribution in [0.2, 0.25) is 0 Å². The number of benzene rings is 2. The first-order valence-corrected chi connectivity index (χ1v) is 11.1. The topological polar surface area (TPSA) is 12.5 Å². The Balaban J connectivity index is 0.00000272. The van der Waals surface area contributed by atoms with Gasteiger partial charge in [-0.25, -0.2) is 0 Å². The van der Waals surface area contributed by atoms with Crippen LogP contribution >= 0.6 is 12.4 Å². The van der Waals surface area contributed by atoms with E-state index in [0.717, 1.165) is 31.9 Å². The van der Waals surface area contributed by atoms with Gasteiger partial charge in [-0.15, -0.1) is 12.4 Å². The van der Waals surface area contributed by atoms with Gasteiger partial charge in [-0.2, -0.15) is 13.2 Å². The second-order valence-corrected chi connectivity index (χ2v) is 8.72. The largest absolute Gasteiger partial charge is 0.489 e. The van der Waals surface area contributed by atoms with Crippen molar-refractivity contribution >= 4 is 12.4 Å². The summed E-state index contributed by atoms with van der Waals surface area (Å²) in [6.45, 7) is 4.53. The molecule has 0 aromatic heterocycles. The number of fused-ring (bicyclic) bond motifs is 1. The number of alkyl halides is 3. The molecule has 1 spiro atoms. The predicted molar refractivity (Wildman–Crippen MR) is 120 cm³/mol. The van der Waals surface area contributed by atoms with Crippen LogP contribution < -0.4 is 4.74 Å². The number of hydrogen-bond donors (Lipinski definition) is 0. The highest BCUT2D eigenvalue weighted by molar-refractivity contribution is 5.85. The Morgan fingerprint density at radius 1 is 1.03 bits per heavy atom. The minimum absolute atomic E-state index is 0. The van der Waals surface area contributed by atoms with Crippen LogP contribution in [0.4, 0.5) is 13.2 Å². The number of aryl methyl sites for hydroxylation is 1. The molecule has 4 rings (SSSR count). The van der Waals surface area contributed by atoms with Crippen molar-refractivity contribution in [1.82, 2.24) is 4.90 Å². The van der Waals surface area contributed by atoms with E-state index in [2.05, 4.69) is 17.9 Å². The van der Waals surface area contributed by atoms with E-state index in [0.29, 0.717) is 5.75 Å². The highest BCUT2D eigenvalue weighted by Gasteiger charge is 2.40.